The third-order valence-corrected chi connectivity index (χ3v) is 5.14. The smallest absolute Gasteiger partial charge is 0.225 e. The molecule has 1 atom stereocenters. The quantitative estimate of drug-likeness (QED) is 0.791. The van der Waals surface area contributed by atoms with Gasteiger partial charge < -0.3 is 10.0 Å². The molecule has 8 heteroatoms. The van der Waals surface area contributed by atoms with E-state index < -0.39 is 6.10 Å². The number of aliphatic hydroxyl groups is 1. The molecule has 0 radical (unpaired) electrons. The number of fused-ring (bicyclic) bond motifs is 1. The summed E-state index contributed by atoms with van der Waals surface area (Å²) in [6, 6.07) is 1.92. The molecule has 0 saturated carbocycles. The van der Waals surface area contributed by atoms with Gasteiger partial charge in [-0.1, -0.05) is 6.92 Å². The van der Waals surface area contributed by atoms with Gasteiger partial charge in [0.1, 0.15) is 6.10 Å². The van der Waals surface area contributed by atoms with Crippen molar-refractivity contribution in [1.29, 1.82) is 0 Å². The second-order valence-corrected chi connectivity index (χ2v) is 7.48. The number of aromatic nitrogens is 4. The predicted molar refractivity (Wildman–Crippen MR) is 102 cm³/mol. The van der Waals surface area contributed by atoms with Crippen molar-refractivity contribution >= 4 is 5.91 Å². The van der Waals surface area contributed by atoms with Crippen LogP contribution in [0.1, 0.15) is 48.5 Å². The monoisotopic (exact) mass is 374 g/mol. The lowest BCUT2D eigenvalue weighted by Gasteiger charge is -2.27. The van der Waals surface area contributed by atoms with Gasteiger partial charge in [-0.25, -0.2) is 0 Å². The number of amides is 1. The maximum atomic E-state index is 11.8. The molecule has 148 valence electrons. The first-order valence-electron chi connectivity index (χ1n) is 9.57. The Balaban J connectivity index is 1.65. The molecule has 0 bridgehead atoms. The van der Waals surface area contributed by atoms with Crippen LogP contribution in [-0.4, -0.2) is 61.0 Å². The van der Waals surface area contributed by atoms with Gasteiger partial charge in [-0.15, -0.1) is 0 Å². The first-order chi connectivity index (χ1) is 12.9. The Morgan fingerprint density at radius 1 is 1.37 bits per heavy atom. The SMILES string of the molecule is CCCn1ncc(CN2CCn3nc([C@H](O)CC(=O)N(C)C)cc3C2)c1C. The van der Waals surface area contributed by atoms with E-state index in [1.807, 2.05) is 16.9 Å². The van der Waals surface area contributed by atoms with Crippen molar-refractivity contribution in [3.63, 3.8) is 0 Å². The van der Waals surface area contributed by atoms with E-state index in [0.717, 1.165) is 44.8 Å². The molecule has 1 aliphatic heterocycles. The highest BCUT2D eigenvalue weighted by molar-refractivity contribution is 5.76. The van der Waals surface area contributed by atoms with E-state index in [1.165, 1.54) is 16.2 Å². The Hall–Kier alpha value is -2.19. The molecule has 1 aliphatic rings. The first kappa shape index (κ1) is 19.6. The highest BCUT2D eigenvalue weighted by Crippen LogP contribution is 2.22. The number of hydrogen-bond acceptors (Lipinski definition) is 5. The van der Waals surface area contributed by atoms with E-state index in [1.54, 1.807) is 14.1 Å². The van der Waals surface area contributed by atoms with Crippen LogP contribution in [0.15, 0.2) is 12.3 Å². The number of rotatable bonds is 7. The highest BCUT2D eigenvalue weighted by atomic mass is 16.3. The number of carbonyl (C=O) groups excluding carboxylic acids is 1. The third-order valence-electron chi connectivity index (χ3n) is 5.14. The summed E-state index contributed by atoms with van der Waals surface area (Å²) in [6.45, 7) is 8.56. The van der Waals surface area contributed by atoms with E-state index in [2.05, 4.69) is 33.6 Å². The standard InChI is InChI=1S/C19H30N6O2/c1-5-6-24-14(2)15(11-20-24)12-23-7-8-25-16(13-23)9-17(21-25)18(26)10-19(27)22(3)4/h9,11,18,26H,5-8,10,12-13H2,1-4H3/t18-/m1/s1. The van der Waals surface area contributed by atoms with Crippen molar-refractivity contribution in [2.24, 2.45) is 0 Å². The van der Waals surface area contributed by atoms with Crippen LogP contribution in [0.3, 0.4) is 0 Å². The molecule has 3 heterocycles. The fourth-order valence-electron chi connectivity index (χ4n) is 3.41. The molecule has 3 rings (SSSR count). The van der Waals surface area contributed by atoms with Crippen LogP contribution < -0.4 is 0 Å². The fraction of sp³-hybridized carbons (Fsp3) is 0.632. The molecular weight excluding hydrogens is 344 g/mol. The van der Waals surface area contributed by atoms with Gasteiger partial charge in [0.25, 0.3) is 0 Å². The van der Waals surface area contributed by atoms with Gasteiger partial charge >= 0.3 is 0 Å². The van der Waals surface area contributed by atoms with Crippen LogP contribution in [-0.2, 0) is 31.0 Å². The van der Waals surface area contributed by atoms with Gasteiger partial charge in [0, 0.05) is 51.5 Å². The van der Waals surface area contributed by atoms with E-state index in [4.69, 9.17) is 0 Å². The van der Waals surface area contributed by atoms with E-state index in [0.29, 0.717) is 5.69 Å². The van der Waals surface area contributed by atoms with Crippen LogP contribution in [0.5, 0.6) is 0 Å². The third kappa shape index (κ3) is 4.39. The van der Waals surface area contributed by atoms with Crippen molar-refractivity contribution in [2.75, 3.05) is 20.6 Å². The van der Waals surface area contributed by atoms with Crippen molar-refractivity contribution in [3.8, 4) is 0 Å². The van der Waals surface area contributed by atoms with Gasteiger partial charge in [-0.3, -0.25) is 19.1 Å². The summed E-state index contributed by atoms with van der Waals surface area (Å²) >= 11 is 0. The minimum atomic E-state index is -0.860. The first-order valence-corrected chi connectivity index (χ1v) is 9.57. The molecule has 1 amide bonds. The summed E-state index contributed by atoms with van der Waals surface area (Å²) in [5.41, 5.74) is 4.14. The van der Waals surface area contributed by atoms with Gasteiger partial charge in [0.15, 0.2) is 0 Å². The van der Waals surface area contributed by atoms with Gasteiger partial charge in [-0.05, 0) is 19.4 Å². The maximum Gasteiger partial charge on any atom is 0.225 e. The summed E-state index contributed by atoms with van der Waals surface area (Å²) < 4.78 is 4.02. The number of aryl methyl sites for hydroxylation is 1. The van der Waals surface area contributed by atoms with Gasteiger partial charge in [0.2, 0.25) is 5.91 Å². The molecule has 27 heavy (non-hydrogen) atoms. The van der Waals surface area contributed by atoms with Gasteiger partial charge in [-0.2, -0.15) is 10.2 Å². The minimum absolute atomic E-state index is 0.0585. The average Bonchev–Trinajstić information content (AvgIpc) is 3.20. The number of hydrogen-bond donors (Lipinski definition) is 1. The molecular formula is C19H30N6O2. The van der Waals surface area contributed by atoms with Crippen LogP contribution >= 0.6 is 0 Å². The zero-order chi connectivity index (χ0) is 19.6. The molecule has 2 aromatic heterocycles. The molecule has 0 spiro atoms. The van der Waals surface area contributed by atoms with Crippen LogP contribution in [0, 0.1) is 6.92 Å². The largest absolute Gasteiger partial charge is 0.386 e. The second kappa shape index (κ2) is 8.22. The van der Waals surface area contributed by atoms with E-state index in [-0.39, 0.29) is 12.3 Å². The van der Waals surface area contributed by atoms with Crippen molar-refractivity contribution < 1.29 is 9.90 Å². The Bertz CT molecular complexity index is 794. The lowest BCUT2D eigenvalue weighted by atomic mass is 10.1. The molecule has 1 N–H and O–H groups in total. The lowest BCUT2D eigenvalue weighted by molar-refractivity contribution is -0.130. The van der Waals surface area contributed by atoms with Crippen molar-refractivity contribution in [1.82, 2.24) is 29.4 Å². The average molecular weight is 374 g/mol. The summed E-state index contributed by atoms with van der Waals surface area (Å²) in [4.78, 5) is 15.7. The fourth-order valence-corrected chi connectivity index (χ4v) is 3.41. The zero-order valence-corrected chi connectivity index (χ0v) is 16.7. The predicted octanol–water partition coefficient (Wildman–Crippen LogP) is 1.33. The summed E-state index contributed by atoms with van der Waals surface area (Å²) in [6.07, 6.45) is 2.25. The molecule has 2 aromatic rings. The number of aliphatic hydroxyl groups excluding tert-OH is 1. The van der Waals surface area contributed by atoms with Crippen LogP contribution in [0.2, 0.25) is 0 Å². The summed E-state index contributed by atoms with van der Waals surface area (Å²) in [5.74, 6) is -0.102. The molecule has 8 nitrogen and oxygen atoms in total. The van der Waals surface area contributed by atoms with Gasteiger partial charge in [0.05, 0.1) is 30.6 Å². The Morgan fingerprint density at radius 2 is 2.15 bits per heavy atom. The van der Waals surface area contributed by atoms with Crippen molar-refractivity contribution in [3.05, 3.63) is 34.9 Å². The molecule has 0 unspecified atom stereocenters. The lowest BCUT2D eigenvalue weighted by Crippen LogP contribution is -2.33. The normalized spacial score (nSPS) is 15.6. The molecule has 0 aromatic carbocycles. The molecule has 0 fully saturated rings. The molecule has 0 saturated heterocycles. The molecule has 0 aliphatic carbocycles. The van der Waals surface area contributed by atoms with Crippen LogP contribution in [0.4, 0.5) is 0 Å². The second-order valence-electron chi connectivity index (χ2n) is 7.48. The Morgan fingerprint density at radius 3 is 2.85 bits per heavy atom. The number of nitrogens with zero attached hydrogens (tertiary/aromatic N) is 6. The minimum Gasteiger partial charge on any atom is -0.386 e. The Kier molecular flexibility index (Phi) is 5.96. The summed E-state index contributed by atoms with van der Waals surface area (Å²) in [7, 11) is 3.38. The highest BCUT2D eigenvalue weighted by Gasteiger charge is 2.23. The zero-order valence-electron chi connectivity index (χ0n) is 16.7. The topological polar surface area (TPSA) is 79.4 Å². The van der Waals surface area contributed by atoms with E-state index in [9.17, 15) is 9.90 Å². The summed E-state index contributed by atoms with van der Waals surface area (Å²) in [5, 5.41) is 19.3. The van der Waals surface area contributed by atoms with Crippen molar-refractivity contribution in [2.45, 2.75) is 59.0 Å². The Labute approximate surface area is 160 Å². The van der Waals surface area contributed by atoms with E-state index >= 15 is 0 Å². The maximum absolute atomic E-state index is 11.8. The van der Waals surface area contributed by atoms with Crippen LogP contribution in [0.25, 0.3) is 0 Å². The number of carbonyl (C=O) groups is 1.